The molecule has 2 unspecified atom stereocenters. The van der Waals surface area contributed by atoms with Gasteiger partial charge in [-0.3, -0.25) is 13.9 Å². The highest BCUT2D eigenvalue weighted by Gasteiger charge is 2.53. The van der Waals surface area contributed by atoms with Gasteiger partial charge in [0.05, 0.1) is 15.5 Å². The van der Waals surface area contributed by atoms with Crippen LogP contribution < -0.4 is 9.62 Å². The molecule has 2 heterocycles. The first-order chi connectivity index (χ1) is 16.1. The van der Waals surface area contributed by atoms with E-state index >= 15 is 0 Å². The molecular weight excluding hydrogens is 478 g/mol. The van der Waals surface area contributed by atoms with Crippen molar-refractivity contribution >= 4 is 50.9 Å². The number of ether oxygens (including phenoxy) is 1. The van der Waals surface area contributed by atoms with Gasteiger partial charge in [0.2, 0.25) is 5.91 Å². The maximum Gasteiger partial charge on any atom is 0.330 e. The van der Waals surface area contributed by atoms with Gasteiger partial charge in [-0.2, -0.15) is 0 Å². The standard InChI is InChI=1S/C23H25N3O6S2/c1-23-12-11-21(28)26(23)19(15-33-23)22(29)32-14-20(27)24-16-7-6-10-18(13-16)34(30,31)25(2)17-8-4-3-5-9-17/h3-10,13,19H,11-12,14-15H2,1-2H3,(H,24,27). The van der Waals surface area contributed by atoms with E-state index in [-0.39, 0.29) is 16.5 Å². The van der Waals surface area contributed by atoms with Crippen LogP contribution in [0.25, 0.3) is 0 Å². The maximum atomic E-state index is 13.0. The second-order valence-electron chi connectivity index (χ2n) is 8.26. The lowest BCUT2D eigenvalue weighted by Gasteiger charge is -2.29. The van der Waals surface area contributed by atoms with Crippen molar-refractivity contribution in [2.45, 2.75) is 35.6 Å². The third kappa shape index (κ3) is 4.62. The van der Waals surface area contributed by atoms with Crippen LogP contribution >= 0.6 is 11.8 Å². The molecule has 2 saturated heterocycles. The molecule has 9 nitrogen and oxygen atoms in total. The number of thioether (sulfide) groups is 1. The number of rotatable bonds is 7. The molecule has 0 aliphatic carbocycles. The zero-order chi connectivity index (χ0) is 24.5. The minimum Gasteiger partial charge on any atom is -0.454 e. The lowest BCUT2D eigenvalue weighted by molar-refractivity contribution is -0.155. The molecule has 0 bridgehead atoms. The van der Waals surface area contributed by atoms with E-state index in [4.69, 9.17) is 4.74 Å². The molecule has 2 atom stereocenters. The molecule has 0 radical (unpaired) electrons. The van der Waals surface area contributed by atoms with Crippen LogP contribution in [-0.4, -0.2) is 61.4 Å². The third-order valence-corrected chi connectivity index (χ3v) is 9.25. The third-order valence-electron chi connectivity index (χ3n) is 5.96. The first-order valence-electron chi connectivity index (χ1n) is 10.7. The zero-order valence-corrected chi connectivity index (χ0v) is 20.4. The van der Waals surface area contributed by atoms with Gasteiger partial charge in [-0.15, -0.1) is 11.8 Å². The summed E-state index contributed by atoms with van der Waals surface area (Å²) in [4.78, 5) is 38.2. The molecule has 11 heteroatoms. The highest BCUT2D eigenvalue weighted by Crippen LogP contribution is 2.47. The van der Waals surface area contributed by atoms with Crippen LogP contribution in [0.15, 0.2) is 59.5 Å². The Hall–Kier alpha value is -3.05. The van der Waals surface area contributed by atoms with Crippen molar-refractivity contribution in [1.29, 1.82) is 0 Å². The maximum absolute atomic E-state index is 13.0. The number of esters is 1. The Labute approximate surface area is 202 Å². The van der Waals surface area contributed by atoms with Crippen LogP contribution in [0.3, 0.4) is 0 Å². The minimum atomic E-state index is -3.85. The van der Waals surface area contributed by atoms with Crippen LogP contribution in [0.4, 0.5) is 11.4 Å². The van der Waals surface area contributed by atoms with Crippen LogP contribution in [0.1, 0.15) is 19.8 Å². The highest BCUT2D eigenvalue weighted by atomic mass is 32.2. The predicted octanol–water partition coefficient (Wildman–Crippen LogP) is 2.45. The molecule has 0 aromatic heterocycles. The summed E-state index contributed by atoms with van der Waals surface area (Å²) in [6.45, 7) is 1.39. The summed E-state index contributed by atoms with van der Waals surface area (Å²) in [5.74, 6) is -0.891. The second kappa shape index (κ2) is 9.30. The van der Waals surface area contributed by atoms with Gasteiger partial charge >= 0.3 is 5.97 Å². The van der Waals surface area contributed by atoms with E-state index in [0.717, 1.165) is 4.31 Å². The van der Waals surface area contributed by atoms with E-state index in [1.807, 2.05) is 6.92 Å². The SMILES string of the molecule is CN(c1ccccc1)S(=O)(=O)c1cccc(NC(=O)COC(=O)C2CSC3(C)CCC(=O)N23)c1. The Kier molecular flexibility index (Phi) is 6.59. The first kappa shape index (κ1) is 24.1. The highest BCUT2D eigenvalue weighted by molar-refractivity contribution is 8.01. The molecule has 2 amide bonds. The van der Waals surface area contributed by atoms with Crippen molar-refractivity contribution in [3.05, 3.63) is 54.6 Å². The molecular formula is C23H25N3O6S2. The van der Waals surface area contributed by atoms with Crippen molar-refractivity contribution in [3.63, 3.8) is 0 Å². The Morgan fingerprint density at radius 2 is 1.94 bits per heavy atom. The predicted molar refractivity (Wildman–Crippen MR) is 129 cm³/mol. The average Bonchev–Trinajstić information content (AvgIpc) is 3.33. The number of fused-ring (bicyclic) bond motifs is 1. The molecule has 1 N–H and O–H groups in total. The van der Waals surface area contributed by atoms with Crippen molar-refractivity contribution < 1.29 is 27.5 Å². The second-order valence-corrected chi connectivity index (χ2v) is 11.7. The van der Waals surface area contributed by atoms with E-state index in [1.165, 1.54) is 37.0 Å². The van der Waals surface area contributed by atoms with Gasteiger partial charge in [0.25, 0.3) is 15.9 Å². The van der Waals surface area contributed by atoms with Gasteiger partial charge in [0.15, 0.2) is 6.61 Å². The summed E-state index contributed by atoms with van der Waals surface area (Å²) in [7, 11) is -2.40. The molecule has 2 aromatic carbocycles. The number of nitrogens with one attached hydrogen (secondary N) is 1. The lowest BCUT2D eigenvalue weighted by Crippen LogP contribution is -2.47. The van der Waals surface area contributed by atoms with E-state index in [1.54, 1.807) is 41.3 Å². The van der Waals surface area contributed by atoms with Gasteiger partial charge in [-0.25, -0.2) is 13.2 Å². The fraction of sp³-hybridized carbons (Fsp3) is 0.348. The van der Waals surface area contributed by atoms with Crippen molar-refractivity contribution in [3.8, 4) is 0 Å². The zero-order valence-electron chi connectivity index (χ0n) is 18.8. The number of hydrogen-bond acceptors (Lipinski definition) is 7. The fourth-order valence-electron chi connectivity index (χ4n) is 4.09. The Bertz CT molecular complexity index is 1220. The average molecular weight is 504 g/mol. The first-order valence-corrected chi connectivity index (χ1v) is 13.1. The number of anilines is 2. The molecule has 2 aliphatic heterocycles. The normalized spacial score (nSPS) is 21.8. The Balaban J connectivity index is 1.37. The fourth-order valence-corrected chi connectivity index (χ4v) is 6.75. The van der Waals surface area contributed by atoms with E-state index < -0.39 is 39.4 Å². The van der Waals surface area contributed by atoms with Crippen molar-refractivity contribution in [1.82, 2.24) is 4.90 Å². The van der Waals surface area contributed by atoms with E-state index in [9.17, 15) is 22.8 Å². The molecule has 2 aromatic rings. The summed E-state index contributed by atoms with van der Waals surface area (Å²) in [5, 5.41) is 2.56. The Morgan fingerprint density at radius 1 is 1.21 bits per heavy atom. The molecule has 34 heavy (non-hydrogen) atoms. The summed E-state index contributed by atoms with van der Waals surface area (Å²) in [6, 6.07) is 13.8. The number of hydrogen-bond donors (Lipinski definition) is 1. The van der Waals surface area contributed by atoms with Gasteiger partial charge in [0, 0.05) is 24.9 Å². The largest absolute Gasteiger partial charge is 0.454 e. The molecule has 2 aliphatic rings. The molecule has 180 valence electrons. The van der Waals surface area contributed by atoms with Crippen molar-refractivity contribution in [2.75, 3.05) is 29.0 Å². The molecule has 2 fully saturated rings. The quantitative estimate of drug-likeness (QED) is 0.578. The summed E-state index contributed by atoms with van der Waals surface area (Å²) in [6.07, 6.45) is 1.08. The number of carbonyl (C=O) groups excluding carboxylic acids is 3. The smallest absolute Gasteiger partial charge is 0.330 e. The van der Waals surface area contributed by atoms with E-state index in [2.05, 4.69) is 5.32 Å². The molecule has 0 spiro atoms. The number of sulfonamides is 1. The summed E-state index contributed by atoms with van der Waals surface area (Å²) < 4.78 is 32.3. The number of nitrogens with zero attached hydrogens (tertiary/aromatic N) is 2. The van der Waals surface area contributed by atoms with Crippen LogP contribution in [0, 0.1) is 0 Å². The van der Waals surface area contributed by atoms with Gasteiger partial charge in [-0.1, -0.05) is 24.3 Å². The number of benzene rings is 2. The van der Waals surface area contributed by atoms with Gasteiger partial charge < -0.3 is 15.0 Å². The summed E-state index contributed by atoms with van der Waals surface area (Å²) >= 11 is 1.54. The number of para-hydroxylation sites is 1. The number of carbonyl (C=O) groups is 3. The molecule has 0 saturated carbocycles. The monoisotopic (exact) mass is 503 g/mol. The lowest BCUT2D eigenvalue weighted by atomic mass is 10.2. The molecule has 4 rings (SSSR count). The van der Waals surface area contributed by atoms with Crippen LogP contribution in [0.5, 0.6) is 0 Å². The number of amides is 2. The van der Waals surface area contributed by atoms with E-state index in [0.29, 0.717) is 24.3 Å². The van der Waals surface area contributed by atoms with Gasteiger partial charge in [-0.05, 0) is 43.7 Å². The van der Waals surface area contributed by atoms with Crippen LogP contribution in [0.2, 0.25) is 0 Å². The van der Waals surface area contributed by atoms with Gasteiger partial charge in [0.1, 0.15) is 6.04 Å². The topological polar surface area (TPSA) is 113 Å². The van der Waals surface area contributed by atoms with Crippen LogP contribution in [-0.2, 0) is 29.1 Å². The summed E-state index contributed by atoms with van der Waals surface area (Å²) in [5.41, 5.74) is 0.754. The Morgan fingerprint density at radius 3 is 2.68 bits per heavy atom. The van der Waals surface area contributed by atoms with Crippen molar-refractivity contribution in [2.24, 2.45) is 0 Å². The minimum absolute atomic E-state index is 0.00320.